The zero-order chi connectivity index (χ0) is 14.8. The van der Waals surface area contributed by atoms with Crippen molar-refractivity contribution in [3.05, 3.63) is 29.0 Å². The first-order valence-electron chi connectivity index (χ1n) is 6.29. The molecule has 2 aromatic rings. The van der Waals surface area contributed by atoms with Crippen LogP contribution < -0.4 is 4.72 Å². The highest BCUT2D eigenvalue weighted by atomic mass is 32.2. The summed E-state index contributed by atoms with van der Waals surface area (Å²) < 4.78 is 28.8. The van der Waals surface area contributed by atoms with Crippen LogP contribution in [0.4, 0.5) is 0 Å². The van der Waals surface area contributed by atoms with Crippen molar-refractivity contribution in [1.82, 2.24) is 19.5 Å². The van der Waals surface area contributed by atoms with E-state index in [0.29, 0.717) is 13.1 Å². The van der Waals surface area contributed by atoms with Gasteiger partial charge in [-0.05, 0) is 25.8 Å². The maximum atomic E-state index is 12.1. The molecule has 1 N–H and O–H groups in total. The van der Waals surface area contributed by atoms with Gasteiger partial charge in [0.1, 0.15) is 0 Å². The monoisotopic (exact) mass is 314 g/mol. The number of rotatable bonds is 6. The molecule has 0 saturated carbocycles. The molecule has 2 aromatic heterocycles. The van der Waals surface area contributed by atoms with Crippen LogP contribution in [0.15, 0.2) is 22.8 Å². The minimum absolute atomic E-state index is 0.138. The van der Waals surface area contributed by atoms with Gasteiger partial charge in [0.2, 0.25) is 4.34 Å². The Bertz CT molecular complexity index is 642. The van der Waals surface area contributed by atoms with Crippen molar-refractivity contribution in [3.8, 4) is 0 Å². The molecule has 0 saturated heterocycles. The summed E-state index contributed by atoms with van der Waals surface area (Å²) in [5, 5.41) is 4.10. The Morgan fingerprint density at radius 3 is 2.75 bits per heavy atom. The van der Waals surface area contributed by atoms with Crippen molar-refractivity contribution >= 4 is 21.4 Å². The summed E-state index contributed by atoms with van der Waals surface area (Å²) in [7, 11) is -3.51. The second-order valence-electron chi connectivity index (χ2n) is 4.81. The van der Waals surface area contributed by atoms with Gasteiger partial charge in [0.15, 0.2) is 0 Å². The van der Waals surface area contributed by atoms with Crippen LogP contribution in [0.3, 0.4) is 0 Å². The molecule has 0 aromatic carbocycles. The van der Waals surface area contributed by atoms with E-state index in [9.17, 15) is 8.42 Å². The first-order valence-corrected chi connectivity index (χ1v) is 8.59. The minimum atomic E-state index is -3.51. The van der Waals surface area contributed by atoms with E-state index in [1.165, 1.54) is 11.3 Å². The molecule has 0 bridgehead atoms. The zero-order valence-electron chi connectivity index (χ0n) is 11.7. The largest absolute Gasteiger partial charge is 0.272 e. The molecular weight excluding hydrogens is 296 g/mol. The summed E-state index contributed by atoms with van der Waals surface area (Å²) in [5.41, 5.74) is 0.764. The third-order valence-electron chi connectivity index (χ3n) is 2.92. The molecule has 6 nitrogen and oxygen atoms in total. The standard InChI is InChI=1S/C12H18N4O2S2/c1-9(8-16-6-4-5-13-16)7-14-20(17,18)12-15-10(2)11(3)19-12/h4-6,9,14H,7-8H2,1-3H3/t9-/m0/s1. The van der Waals surface area contributed by atoms with Crippen LogP contribution in [-0.2, 0) is 16.6 Å². The van der Waals surface area contributed by atoms with Crippen molar-refractivity contribution in [2.24, 2.45) is 5.92 Å². The average molecular weight is 314 g/mol. The summed E-state index contributed by atoms with van der Waals surface area (Å²) >= 11 is 1.20. The van der Waals surface area contributed by atoms with Gasteiger partial charge in [0, 0.05) is 30.4 Å². The number of aromatic nitrogens is 3. The van der Waals surface area contributed by atoms with Gasteiger partial charge in [-0.3, -0.25) is 4.68 Å². The number of nitrogens with one attached hydrogen (secondary N) is 1. The quantitative estimate of drug-likeness (QED) is 0.878. The third-order valence-corrected chi connectivity index (χ3v) is 5.79. The van der Waals surface area contributed by atoms with Crippen molar-refractivity contribution in [2.45, 2.75) is 31.7 Å². The number of aryl methyl sites for hydroxylation is 2. The summed E-state index contributed by atoms with van der Waals surface area (Å²) in [6.45, 7) is 6.69. The number of nitrogens with zero attached hydrogens (tertiary/aromatic N) is 3. The van der Waals surface area contributed by atoms with Crippen LogP contribution in [0.5, 0.6) is 0 Å². The molecule has 110 valence electrons. The van der Waals surface area contributed by atoms with Crippen molar-refractivity contribution in [2.75, 3.05) is 6.54 Å². The minimum Gasteiger partial charge on any atom is -0.272 e. The van der Waals surface area contributed by atoms with Crippen LogP contribution in [0.1, 0.15) is 17.5 Å². The molecule has 0 radical (unpaired) electrons. The number of hydrogen-bond donors (Lipinski definition) is 1. The lowest BCUT2D eigenvalue weighted by Crippen LogP contribution is -2.30. The van der Waals surface area contributed by atoms with Crippen LogP contribution in [0.25, 0.3) is 0 Å². The lowest BCUT2D eigenvalue weighted by molar-refractivity contribution is 0.443. The smallest absolute Gasteiger partial charge is 0.267 e. The zero-order valence-corrected chi connectivity index (χ0v) is 13.3. The molecule has 2 heterocycles. The Labute approximate surface area is 122 Å². The lowest BCUT2D eigenvalue weighted by atomic mass is 10.2. The second-order valence-corrected chi connectivity index (χ2v) is 7.95. The van der Waals surface area contributed by atoms with E-state index < -0.39 is 10.0 Å². The molecule has 8 heteroatoms. The predicted molar refractivity (Wildman–Crippen MR) is 78.2 cm³/mol. The summed E-state index contributed by atoms with van der Waals surface area (Å²) in [5.74, 6) is 0.145. The van der Waals surface area contributed by atoms with Crippen LogP contribution in [0.2, 0.25) is 0 Å². The Balaban J connectivity index is 1.95. The normalized spacial score (nSPS) is 13.6. The first kappa shape index (κ1) is 15.1. The lowest BCUT2D eigenvalue weighted by Gasteiger charge is -2.12. The fourth-order valence-corrected chi connectivity index (χ4v) is 4.18. The van der Waals surface area contributed by atoms with E-state index in [-0.39, 0.29) is 10.3 Å². The number of hydrogen-bond acceptors (Lipinski definition) is 5. The Morgan fingerprint density at radius 1 is 1.45 bits per heavy atom. The highest BCUT2D eigenvalue weighted by Gasteiger charge is 2.20. The van der Waals surface area contributed by atoms with E-state index in [1.54, 1.807) is 10.9 Å². The fourth-order valence-electron chi connectivity index (χ4n) is 1.66. The molecule has 2 rings (SSSR count). The average Bonchev–Trinajstić information content (AvgIpc) is 2.99. The second kappa shape index (κ2) is 6.02. The molecule has 0 unspecified atom stereocenters. The van der Waals surface area contributed by atoms with Crippen LogP contribution in [0, 0.1) is 19.8 Å². The summed E-state index contributed by atoms with van der Waals surface area (Å²) in [6, 6.07) is 1.85. The SMILES string of the molecule is Cc1nc(S(=O)(=O)NC[C@H](C)Cn2cccn2)sc1C. The van der Waals surface area contributed by atoms with Gasteiger partial charge in [-0.15, -0.1) is 11.3 Å². The maximum Gasteiger partial charge on any atom is 0.267 e. The Morgan fingerprint density at radius 2 is 2.20 bits per heavy atom. The Hall–Kier alpha value is -1.25. The maximum absolute atomic E-state index is 12.1. The van der Waals surface area contributed by atoms with E-state index in [0.717, 1.165) is 10.6 Å². The molecule has 0 fully saturated rings. The van der Waals surface area contributed by atoms with Crippen LogP contribution in [-0.4, -0.2) is 29.7 Å². The van der Waals surface area contributed by atoms with Gasteiger partial charge in [-0.1, -0.05) is 6.92 Å². The summed E-state index contributed by atoms with van der Waals surface area (Å²) in [6.07, 6.45) is 3.57. The van der Waals surface area contributed by atoms with Gasteiger partial charge in [-0.25, -0.2) is 18.1 Å². The highest BCUT2D eigenvalue weighted by molar-refractivity contribution is 7.91. The van der Waals surface area contributed by atoms with Crippen LogP contribution >= 0.6 is 11.3 Å². The van der Waals surface area contributed by atoms with Crippen molar-refractivity contribution in [1.29, 1.82) is 0 Å². The van der Waals surface area contributed by atoms with E-state index in [2.05, 4.69) is 14.8 Å². The molecular formula is C12H18N4O2S2. The van der Waals surface area contributed by atoms with Gasteiger partial charge in [0.25, 0.3) is 10.0 Å². The van der Waals surface area contributed by atoms with Gasteiger partial charge < -0.3 is 0 Å². The highest BCUT2D eigenvalue weighted by Crippen LogP contribution is 2.20. The third kappa shape index (κ3) is 3.65. The molecule has 0 amide bonds. The topological polar surface area (TPSA) is 76.9 Å². The van der Waals surface area contributed by atoms with E-state index in [4.69, 9.17) is 0 Å². The van der Waals surface area contributed by atoms with Gasteiger partial charge in [0.05, 0.1) is 5.69 Å². The summed E-state index contributed by atoms with van der Waals surface area (Å²) in [4.78, 5) is 5.01. The predicted octanol–water partition coefficient (Wildman–Crippen LogP) is 1.57. The van der Waals surface area contributed by atoms with Crippen molar-refractivity contribution in [3.63, 3.8) is 0 Å². The van der Waals surface area contributed by atoms with Gasteiger partial charge in [-0.2, -0.15) is 5.10 Å². The molecule has 20 heavy (non-hydrogen) atoms. The number of thiazole rings is 1. The van der Waals surface area contributed by atoms with Crippen molar-refractivity contribution < 1.29 is 8.42 Å². The molecule has 0 spiro atoms. The van der Waals surface area contributed by atoms with E-state index in [1.807, 2.05) is 33.0 Å². The first-order chi connectivity index (χ1) is 9.38. The van der Waals surface area contributed by atoms with Gasteiger partial charge >= 0.3 is 0 Å². The fraction of sp³-hybridized carbons (Fsp3) is 0.500. The molecule has 0 aliphatic heterocycles. The Kier molecular flexibility index (Phi) is 4.56. The molecule has 0 aliphatic rings. The molecule has 1 atom stereocenters. The van der Waals surface area contributed by atoms with E-state index >= 15 is 0 Å². The number of sulfonamides is 1. The molecule has 0 aliphatic carbocycles.